The van der Waals surface area contributed by atoms with Crippen LogP contribution in [0.25, 0.3) is 22.4 Å². The number of aromatic nitrogens is 2. The molecule has 0 spiro atoms. The number of nitrogens with one attached hydrogen (secondary N) is 1. The van der Waals surface area contributed by atoms with Gasteiger partial charge in [0.05, 0.1) is 21.6 Å². The monoisotopic (exact) mass is 368 g/mol. The van der Waals surface area contributed by atoms with E-state index in [0.29, 0.717) is 27.4 Å². The third-order valence-electron chi connectivity index (χ3n) is 2.99. The van der Waals surface area contributed by atoms with Crippen LogP contribution in [0.1, 0.15) is 10.4 Å². The summed E-state index contributed by atoms with van der Waals surface area (Å²) in [4.78, 5) is 18.1. The largest absolute Gasteiger partial charge is 0.478 e. The summed E-state index contributed by atoms with van der Waals surface area (Å²) in [6.07, 6.45) is 0. The van der Waals surface area contributed by atoms with Gasteiger partial charge in [-0.1, -0.05) is 27.5 Å². The van der Waals surface area contributed by atoms with Gasteiger partial charge in [0.1, 0.15) is 11.6 Å². The molecule has 2 N–H and O–H groups in total. The molecule has 21 heavy (non-hydrogen) atoms. The molecule has 4 nitrogen and oxygen atoms in total. The zero-order valence-electron chi connectivity index (χ0n) is 10.3. The summed E-state index contributed by atoms with van der Waals surface area (Å²) in [6, 6.07) is 7.59. The van der Waals surface area contributed by atoms with Crippen molar-refractivity contribution in [2.24, 2.45) is 0 Å². The number of carboxylic acid groups (broad SMARTS) is 1. The third-order valence-corrected chi connectivity index (χ3v) is 3.79. The van der Waals surface area contributed by atoms with Crippen LogP contribution in [0.5, 0.6) is 0 Å². The number of benzene rings is 2. The molecule has 1 heterocycles. The number of aromatic carboxylic acids is 1. The third kappa shape index (κ3) is 2.52. The number of fused-ring (bicyclic) bond motifs is 1. The van der Waals surface area contributed by atoms with Gasteiger partial charge in [-0.2, -0.15) is 0 Å². The number of carboxylic acids is 1. The van der Waals surface area contributed by atoms with Crippen LogP contribution in [0.2, 0.25) is 5.02 Å². The molecular weight excluding hydrogens is 363 g/mol. The van der Waals surface area contributed by atoms with E-state index in [1.165, 1.54) is 6.07 Å². The fraction of sp³-hybridized carbons (Fsp3) is 0. The highest BCUT2D eigenvalue weighted by atomic mass is 79.9. The number of imidazole rings is 1. The number of hydrogen-bond acceptors (Lipinski definition) is 2. The maximum Gasteiger partial charge on any atom is 0.338 e. The van der Waals surface area contributed by atoms with Gasteiger partial charge in [0, 0.05) is 16.1 Å². The molecule has 0 aliphatic heterocycles. The molecule has 7 heteroatoms. The molecule has 0 unspecified atom stereocenters. The molecule has 0 radical (unpaired) electrons. The van der Waals surface area contributed by atoms with Gasteiger partial charge in [-0.3, -0.25) is 0 Å². The molecule has 1 aromatic heterocycles. The summed E-state index contributed by atoms with van der Waals surface area (Å²) >= 11 is 9.46. The first-order valence-corrected chi connectivity index (χ1v) is 7.01. The standard InChI is InChI=1S/C14H7BrClFN2O2/c15-6-1-2-7(9(16)3-6)13-18-11-4-8(14(20)21)10(17)5-12(11)19-13/h1-5H,(H,18,19)(H,20,21). The van der Waals surface area contributed by atoms with Crippen LogP contribution in [0.4, 0.5) is 4.39 Å². The summed E-state index contributed by atoms with van der Waals surface area (Å²) < 4.78 is 14.5. The summed E-state index contributed by atoms with van der Waals surface area (Å²) in [7, 11) is 0. The van der Waals surface area contributed by atoms with Gasteiger partial charge in [0.25, 0.3) is 0 Å². The number of nitrogens with zero attached hydrogens (tertiary/aromatic N) is 1. The highest BCUT2D eigenvalue weighted by Crippen LogP contribution is 2.30. The average molecular weight is 370 g/mol. The fourth-order valence-corrected chi connectivity index (χ4v) is 2.77. The number of aromatic amines is 1. The van der Waals surface area contributed by atoms with Gasteiger partial charge in [-0.15, -0.1) is 0 Å². The second-order valence-electron chi connectivity index (χ2n) is 4.36. The molecular formula is C14H7BrClFN2O2. The van der Waals surface area contributed by atoms with Crippen LogP contribution >= 0.6 is 27.5 Å². The predicted octanol–water partition coefficient (Wildman–Crippen LogP) is 4.48. The van der Waals surface area contributed by atoms with E-state index in [4.69, 9.17) is 16.7 Å². The minimum absolute atomic E-state index is 0.364. The number of rotatable bonds is 2. The zero-order valence-corrected chi connectivity index (χ0v) is 12.7. The van der Waals surface area contributed by atoms with Gasteiger partial charge >= 0.3 is 5.97 Å². The summed E-state index contributed by atoms with van der Waals surface area (Å²) in [5.41, 5.74) is 1.00. The normalized spacial score (nSPS) is 11.0. The minimum Gasteiger partial charge on any atom is -0.478 e. The lowest BCUT2D eigenvalue weighted by Gasteiger charge is -2.00. The molecule has 0 amide bonds. The quantitative estimate of drug-likeness (QED) is 0.700. The summed E-state index contributed by atoms with van der Waals surface area (Å²) in [6.45, 7) is 0. The minimum atomic E-state index is -1.33. The Morgan fingerprint density at radius 2 is 2.10 bits per heavy atom. The molecule has 0 aliphatic carbocycles. The van der Waals surface area contributed by atoms with E-state index in [0.717, 1.165) is 10.5 Å². The SMILES string of the molecule is O=C(O)c1cc2nc(-c3ccc(Br)cc3Cl)[nH]c2cc1F. The van der Waals surface area contributed by atoms with Gasteiger partial charge in [-0.25, -0.2) is 14.2 Å². The average Bonchev–Trinajstić information content (AvgIpc) is 2.79. The van der Waals surface area contributed by atoms with Gasteiger partial charge in [-0.05, 0) is 24.3 Å². The Balaban J connectivity index is 2.19. The first-order chi connectivity index (χ1) is 9.95. The second kappa shape index (κ2) is 5.13. The van der Waals surface area contributed by atoms with Crippen molar-refractivity contribution in [3.05, 3.63) is 51.2 Å². The predicted molar refractivity (Wildman–Crippen MR) is 81.2 cm³/mol. The zero-order chi connectivity index (χ0) is 15.1. The van der Waals surface area contributed by atoms with E-state index in [9.17, 15) is 9.18 Å². The topological polar surface area (TPSA) is 66.0 Å². The molecule has 0 aliphatic rings. The van der Waals surface area contributed by atoms with Crippen molar-refractivity contribution < 1.29 is 14.3 Å². The van der Waals surface area contributed by atoms with Gasteiger partial charge in [0.2, 0.25) is 0 Å². The van der Waals surface area contributed by atoms with E-state index < -0.39 is 17.3 Å². The lowest BCUT2D eigenvalue weighted by atomic mass is 10.2. The van der Waals surface area contributed by atoms with Crippen LogP contribution in [-0.2, 0) is 0 Å². The van der Waals surface area contributed by atoms with Crippen molar-refractivity contribution in [1.82, 2.24) is 9.97 Å². The Morgan fingerprint density at radius 3 is 2.76 bits per heavy atom. The molecule has 0 saturated carbocycles. The number of halogens is 3. The first kappa shape index (κ1) is 14.0. The molecule has 0 fully saturated rings. The van der Waals surface area contributed by atoms with Crippen molar-refractivity contribution >= 4 is 44.5 Å². The summed E-state index contributed by atoms with van der Waals surface area (Å²) in [5, 5.41) is 9.39. The Bertz CT molecular complexity index is 879. The molecule has 3 aromatic rings. The number of H-pyrrole nitrogens is 1. The maximum atomic E-state index is 13.7. The Kier molecular flexibility index (Phi) is 3.43. The number of carbonyl (C=O) groups is 1. The van der Waals surface area contributed by atoms with Crippen LogP contribution in [-0.4, -0.2) is 21.0 Å². The van der Waals surface area contributed by atoms with Gasteiger partial charge < -0.3 is 10.1 Å². The van der Waals surface area contributed by atoms with Crippen molar-refractivity contribution in [1.29, 1.82) is 0 Å². The molecule has 0 atom stereocenters. The fourth-order valence-electron chi connectivity index (χ4n) is 2.00. The van der Waals surface area contributed by atoms with Crippen molar-refractivity contribution in [3.63, 3.8) is 0 Å². The highest BCUT2D eigenvalue weighted by molar-refractivity contribution is 9.10. The van der Waals surface area contributed by atoms with Crippen molar-refractivity contribution in [3.8, 4) is 11.4 Å². The van der Waals surface area contributed by atoms with Gasteiger partial charge in [0.15, 0.2) is 0 Å². The Hall–Kier alpha value is -1.92. The van der Waals surface area contributed by atoms with Crippen molar-refractivity contribution in [2.45, 2.75) is 0 Å². The maximum absolute atomic E-state index is 13.7. The number of hydrogen-bond donors (Lipinski definition) is 2. The Morgan fingerprint density at radius 1 is 1.33 bits per heavy atom. The van der Waals surface area contributed by atoms with E-state index in [1.54, 1.807) is 18.2 Å². The molecule has 0 bridgehead atoms. The van der Waals surface area contributed by atoms with E-state index in [2.05, 4.69) is 25.9 Å². The van der Waals surface area contributed by atoms with E-state index in [-0.39, 0.29) is 0 Å². The van der Waals surface area contributed by atoms with Crippen LogP contribution in [0.15, 0.2) is 34.8 Å². The Labute approximate surface area is 131 Å². The second-order valence-corrected chi connectivity index (χ2v) is 5.69. The lowest BCUT2D eigenvalue weighted by molar-refractivity contribution is 0.0692. The smallest absolute Gasteiger partial charge is 0.338 e. The van der Waals surface area contributed by atoms with Crippen LogP contribution in [0.3, 0.4) is 0 Å². The van der Waals surface area contributed by atoms with Crippen LogP contribution < -0.4 is 0 Å². The molecule has 3 rings (SSSR count). The highest BCUT2D eigenvalue weighted by Gasteiger charge is 2.15. The van der Waals surface area contributed by atoms with Crippen LogP contribution in [0, 0.1) is 5.82 Å². The van der Waals surface area contributed by atoms with E-state index in [1.807, 2.05) is 0 Å². The molecule has 106 valence electrons. The summed E-state index contributed by atoms with van der Waals surface area (Å²) in [5.74, 6) is -1.70. The lowest BCUT2D eigenvalue weighted by Crippen LogP contribution is -1.99. The molecule has 0 saturated heterocycles. The van der Waals surface area contributed by atoms with E-state index >= 15 is 0 Å². The molecule has 2 aromatic carbocycles. The van der Waals surface area contributed by atoms with Crippen molar-refractivity contribution in [2.75, 3.05) is 0 Å². The first-order valence-electron chi connectivity index (χ1n) is 5.83.